The largest absolute Gasteiger partial charge is 0.464 e. The first-order chi connectivity index (χ1) is 3.80. The van der Waals surface area contributed by atoms with Gasteiger partial charge in [0.15, 0.2) is 6.33 Å². The van der Waals surface area contributed by atoms with Gasteiger partial charge in [0.2, 0.25) is 0 Å². The fourth-order valence-electron chi connectivity index (χ4n) is 0.335. The molecular weight excluding hydrogens is 108 g/mol. The Kier molecular flexibility index (Phi) is 0.997. The third-order valence-corrected chi connectivity index (χ3v) is 0.662. The summed E-state index contributed by atoms with van der Waals surface area (Å²) in [6, 6.07) is 0. The Morgan fingerprint density at radius 2 is 2.62 bits per heavy atom. The second-order valence-corrected chi connectivity index (χ2v) is 1.18. The van der Waals surface area contributed by atoms with Crippen LogP contribution < -0.4 is 0 Å². The number of nitrogens with zero attached hydrogens (tertiary/aromatic N) is 2. The number of carboxylic acid groups (broad SMARTS) is 1. The van der Waals surface area contributed by atoms with E-state index < -0.39 is 6.09 Å². The summed E-state index contributed by atoms with van der Waals surface area (Å²) in [6.45, 7) is 0. The summed E-state index contributed by atoms with van der Waals surface area (Å²) in [5, 5.41) is 8.17. The number of aromatic nitrogens is 2. The predicted octanol–water partition coefficient (Wildman–Crippen LogP) is 0.209. The number of hydrogen-bond donors (Lipinski definition) is 1. The van der Waals surface area contributed by atoms with Crippen molar-refractivity contribution in [3.63, 3.8) is 0 Å². The minimum Gasteiger partial charge on any atom is -0.464 e. The van der Waals surface area contributed by atoms with Crippen LogP contribution in [-0.2, 0) is 0 Å². The van der Waals surface area contributed by atoms with Crippen LogP contribution in [0.25, 0.3) is 0 Å². The van der Waals surface area contributed by atoms with E-state index in [0.717, 1.165) is 4.57 Å². The minimum absolute atomic E-state index is 0.847. The molecule has 4 heteroatoms. The Balaban J connectivity index is 2.93. The van der Waals surface area contributed by atoms with Gasteiger partial charge in [0.05, 0.1) is 0 Å². The SMILES string of the molecule is O=C(O)n1[c]ncc1. The molecule has 0 atom stereocenters. The van der Waals surface area contributed by atoms with E-state index in [-0.39, 0.29) is 0 Å². The normalized spacial score (nSPS) is 9.00. The summed E-state index contributed by atoms with van der Waals surface area (Å²) in [4.78, 5) is 13.4. The van der Waals surface area contributed by atoms with E-state index in [0.29, 0.717) is 0 Å². The molecule has 1 rings (SSSR count). The average Bonchev–Trinajstić information content (AvgIpc) is 2.12. The molecule has 0 aliphatic heterocycles. The highest BCUT2D eigenvalue weighted by Crippen LogP contribution is 1.80. The van der Waals surface area contributed by atoms with Gasteiger partial charge in [-0.05, 0) is 0 Å². The van der Waals surface area contributed by atoms with Crippen LogP contribution in [0.2, 0.25) is 0 Å². The second kappa shape index (κ2) is 1.65. The summed E-state index contributed by atoms with van der Waals surface area (Å²) in [5.74, 6) is 0. The monoisotopic (exact) mass is 111 g/mol. The molecule has 0 aliphatic rings. The zero-order chi connectivity index (χ0) is 5.98. The lowest BCUT2D eigenvalue weighted by molar-refractivity contribution is 0.196. The molecule has 0 aliphatic carbocycles. The van der Waals surface area contributed by atoms with Gasteiger partial charge in [0, 0.05) is 12.4 Å². The van der Waals surface area contributed by atoms with Crippen LogP contribution in [0.4, 0.5) is 4.79 Å². The van der Waals surface area contributed by atoms with Gasteiger partial charge < -0.3 is 5.11 Å². The van der Waals surface area contributed by atoms with Gasteiger partial charge >= 0.3 is 6.09 Å². The van der Waals surface area contributed by atoms with Gasteiger partial charge in [-0.2, -0.15) is 0 Å². The Bertz CT molecular complexity index is 180. The summed E-state index contributed by atoms with van der Waals surface area (Å²) in [5.41, 5.74) is 0. The molecule has 1 radical (unpaired) electrons. The van der Waals surface area contributed by atoms with Gasteiger partial charge in [-0.1, -0.05) is 0 Å². The lowest BCUT2D eigenvalue weighted by atomic mass is 10.9. The van der Waals surface area contributed by atoms with Crippen LogP contribution in [0, 0.1) is 6.33 Å². The van der Waals surface area contributed by atoms with Crippen molar-refractivity contribution < 1.29 is 9.90 Å². The fourth-order valence-corrected chi connectivity index (χ4v) is 0.335. The van der Waals surface area contributed by atoms with E-state index in [2.05, 4.69) is 11.3 Å². The van der Waals surface area contributed by atoms with Crippen molar-refractivity contribution in [1.29, 1.82) is 0 Å². The molecule has 0 bridgehead atoms. The molecule has 1 aromatic rings. The predicted molar refractivity (Wildman–Crippen MR) is 24.5 cm³/mol. The molecule has 0 aromatic carbocycles. The van der Waals surface area contributed by atoms with Crippen molar-refractivity contribution in [2.24, 2.45) is 0 Å². The molecule has 0 spiro atoms. The number of hydrogen-bond acceptors (Lipinski definition) is 2. The third kappa shape index (κ3) is 0.676. The molecule has 0 unspecified atom stereocenters. The van der Waals surface area contributed by atoms with E-state index in [9.17, 15) is 4.79 Å². The van der Waals surface area contributed by atoms with E-state index in [1.54, 1.807) is 0 Å². The first-order valence-electron chi connectivity index (χ1n) is 1.95. The zero-order valence-corrected chi connectivity index (χ0v) is 3.90. The first kappa shape index (κ1) is 4.83. The van der Waals surface area contributed by atoms with Gasteiger partial charge in [-0.25, -0.2) is 14.3 Å². The Hall–Kier alpha value is -1.32. The maximum Gasteiger partial charge on any atom is 0.417 e. The molecule has 1 aromatic heterocycles. The topological polar surface area (TPSA) is 55.1 Å². The van der Waals surface area contributed by atoms with Crippen LogP contribution >= 0.6 is 0 Å². The number of carbonyl (C=O) groups is 1. The molecule has 0 fully saturated rings. The highest BCUT2D eigenvalue weighted by atomic mass is 16.4. The van der Waals surface area contributed by atoms with Crippen molar-refractivity contribution in [1.82, 2.24) is 9.55 Å². The quantitative estimate of drug-likeness (QED) is 0.520. The lowest BCUT2D eigenvalue weighted by Crippen LogP contribution is -2.04. The highest BCUT2D eigenvalue weighted by Gasteiger charge is 1.95. The van der Waals surface area contributed by atoms with E-state index in [1.165, 1.54) is 12.4 Å². The smallest absolute Gasteiger partial charge is 0.417 e. The molecule has 0 saturated heterocycles. The highest BCUT2D eigenvalue weighted by molar-refractivity contribution is 5.67. The maximum atomic E-state index is 9.95. The maximum absolute atomic E-state index is 9.95. The summed E-state index contributed by atoms with van der Waals surface area (Å²) in [7, 11) is 0. The summed E-state index contributed by atoms with van der Waals surface area (Å²) in [6.07, 6.45) is 3.80. The van der Waals surface area contributed by atoms with Gasteiger partial charge in [-0.3, -0.25) is 0 Å². The minimum atomic E-state index is -1.07. The summed E-state index contributed by atoms with van der Waals surface area (Å²) >= 11 is 0. The van der Waals surface area contributed by atoms with Crippen molar-refractivity contribution in [2.75, 3.05) is 0 Å². The van der Waals surface area contributed by atoms with Gasteiger partial charge in [0.1, 0.15) is 0 Å². The number of imidazole rings is 1. The number of rotatable bonds is 0. The van der Waals surface area contributed by atoms with E-state index in [1.807, 2.05) is 0 Å². The molecule has 8 heavy (non-hydrogen) atoms. The molecular formula is C4H3N2O2. The first-order valence-corrected chi connectivity index (χ1v) is 1.95. The molecule has 1 heterocycles. The molecule has 1 N–H and O–H groups in total. The van der Waals surface area contributed by atoms with E-state index in [4.69, 9.17) is 5.11 Å². The average molecular weight is 111 g/mol. The zero-order valence-electron chi connectivity index (χ0n) is 3.90. The second-order valence-electron chi connectivity index (χ2n) is 1.18. The van der Waals surface area contributed by atoms with Crippen LogP contribution in [0.5, 0.6) is 0 Å². The van der Waals surface area contributed by atoms with E-state index >= 15 is 0 Å². The van der Waals surface area contributed by atoms with Crippen molar-refractivity contribution in [3.8, 4) is 0 Å². The van der Waals surface area contributed by atoms with Crippen molar-refractivity contribution in [2.45, 2.75) is 0 Å². The Labute approximate surface area is 45.4 Å². The standard InChI is InChI=1S/C4H3N2O2/c7-4(8)6-2-1-5-3-6/h1-2H,(H,7,8). The lowest BCUT2D eigenvalue weighted by Gasteiger charge is -1.84. The van der Waals surface area contributed by atoms with Crippen LogP contribution in [0.1, 0.15) is 0 Å². The van der Waals surface area contributed by atoms with Gasteiger partial charge in [0.25, 0.3) is 0 Å². The van der Waals surface area contributed by atoms with Gasteiger partial charge in [-0.15, -0.1) is 0 Å². The Morgan fingerprint density at radius 1 is 1.88 bits per heavy atom. The third-order valence-electron chi connectivity index (χ3n) is 0.662. The van der Waals surface area contributed by atoms with Crippen molar-refractivity contribution >= 4 is 6.09 Å². The van der Waals surface area contributed by atoms with Crippen LogP contribution in [0.3, 0.4) is 0 Å². The Morgan fingerprint density at radius 3 is 2.88 bits per heavy atom. The molecule has 0 amide bonds. The van der Waals surface area contributed by atoms with Crippen LogP contribution in [-0.4, -0.2) is 20.8 Å². The summed E-state index contributed by atoms with van der Waals surface area (Å²) < 4.78 is 0.847. The molecule has 41 valence electrons. The fraction of sp³-hybridized carbons (Fsp3) is 0. The molecule has 4 nitrogen and oxygen atoms in total. The molecule has 0 saturated carbocycles. The van der Waals surface area contributed by atoms with Crippen LogP contribution in [0.15, 0.2) is 12.4 Å². The van der Waals surface area contributed by atoms with Crippen molar-refractivity contribution in [3.05, 3.63) is 18.7 Å².